The van der Waals surface area contributed by atoms with Crippen LogP contribution in [0.3, 0.4) is 0 Å². The van der Waals surface area contributed by atoms with E-state index >= 15 is 0 Å². The van der Waals surface area contributed by atoms with E-state index in [-0.39, 0.29) is 6.61 Å². The summed E-state index contributed by atoms with van der Waals surface area (Å²) in [6.07, 6.45) is 5.20. The molecule has 0 aliphatic rings. The van der Waals surface area contributed by atoms with Gasteiger partial charge in [-0.15, -0.1) is 12.3 Å². The van der Waals surface area contributed by atoms with Crippen LogP contribution in [0.25, 0.3) is 0 Å². The first-order chi connectivity index (χ1) is 11.9. The summed E-state index contributed by atoms with van der Waals surface area (Å²) in [7, 11) is -0.446. The van der Waals surface area contributed by atoms with Crippen molar-refractivity contribution < 1.29 is 5.11 Å². The first-order valence-electron chi connectivity index (χ1n) is 7.86. The lowest BCUT2D eigenvalue weighted by Crippen LogP contribution is -2.20. The van der Waals surface area contributed by atoms with Crippen LogP contribution in [0.2, 0.25) is 0 Å². The molecule has 0 fully saturated rings. The molecule has 3 aromatic carbocycles. The summed E-state index contributed by atoms with van der Waals surface area (Å²) < 4.78 is 0. The van der Waals surface area contributed by atoms with E-state index in [0.29, 0.717) is 6.42 Å². The van der Waals surface area contributed by atoms with Crippen molar-refractivity contribution in [2.75, 3.05) is 6.61 Å². The summed E-state index contributed by atoms with van der Waals surface area (Å²) in [5, 5.41) is 12.1. The largest absolute Gasteiger partial charge is 0.395 e. The third-order valence-corrected chi connectivity index (χ3v) is 5.74. The predicted octanol–water partition coefficient (Wildman–Crippen LogP) is 3.45. The van der Waals surface area contributed by atoms with Crippen molar-refractivity contribution >= 4 is 23.8 Å². The molecule has 0 aliphatic carbocycles. The van der Waals surface area contributed by atoms with E-state index < -0.39 is 7.92 Å². The number of rotatable bonds is 4. The first kappa shape index (κ1) is 18.0. The molecular weight excluding hydrogens is 311 g/mol. The van der Waals surface area contributed by atoms with Gasteiger partial charge in [0.25, 0.3) is 0 Å². The van der Waals surface area contributed by atoms with Gasteiger partial charge in [0, 0.05) is 6.42 Å². The number of terminal acetylenes is 1. The molecule has 1 N–H and O–H groups in total. The highest BCUT2D eigenvalue weighted by atomic mass is 31.1. The highest BCUT2D eigenvalue weighted by Gasteiger charge is 2.14. The number of aliphatic hydroxyl groups is 1. The van der Waals surface area contributed by atoms with Crippen LogP contribution in [0, 0.1) is 12.3 Å². The van der Waals surface area contributed by atoms with Crippen molar-refractivity contribution in [3.63, 3.8) is 0 Å². The van der Waals surface area contributed by atoms with Gasteiger partial charge in [0.05, 0.1) is 6.61 Å². The molecule has 0 spiro atoms. The fraction of sp³-hybridized carbons (Fsp3) is 0.0909. The minimum atomic E-state index is -0.446. The Kier molecular flexibility index (Phi) is 7.78. The van der Waals surface area contributed by atoms with Gasteiger partial charge in [0.2, 0.25) is 0 Å². The molecule has 0 heterocycles. The standard InChI is InChI=1S/C18H15P.C4H6O/c1-4-10-16(11-5-1)19(17-12-6-2-7-13-17)18-14-8-3-9-15-18;1-2-3-4-5/h1-15H;1,5H,3-4H2. The minimum Gasteiger partial charge on any atom is -0.395 e. The van der Waals surface area contributed by atoms with E-state index in [1.165, 1.54) is 15.9 Å². The molecule has 2 heteroatoms. The average molecular weight is 332 g/mol. The lowest BCUT2D eigenvalue weighted by atomic mass is 10.4. The zero-order valence-corrected chi connectivity index (χ0v) is 14.4. The number of hydrogen-bond acceptors (Lipinski definition) is 1. The second-order valence-corrected chi connectivity index (χ2v) is 7.24. The van der Waals surface area contributed by atoms with Crippen LogP contribution >= 0.6 is 7.92 Å². The molecule has 24 heavy (non-hydrogen) atoms. The van der Waals surface area contributed by atoms with E-state index in [2.05, 4.69) is 96.9 Å². The molecule has 0 aliphatic heterocycles. The normalized spacial score (nSPS) is 9.71. The van der Waals surface area contributed by atoms with Gasteiger partial charge in [-0.2, -0.15) is 0 Å². The van der Waals surface area contributed by atoms with E-state index in [1.54, 1.807) is 0 Å². The lowest BCUT2D eigenvalue weighted by Gasteiger charge is -2.18. The third kappa shape index (κ3) is 5.36. The second kappa shape index (κ2) is 10.4. The molecule has 3 rings (SSSR count). The predicted molar refractivity (Wildman–Crippen MR) is 106 cm³/mol. The topological polar surface area (TPSA) is 20.2 Å². The number of benzene rings is 3. The number of hydrogen-bond donors (Lipinski definition) is 1. The van der Waals surface area contributed by atoms with Crippen LogP contribution in [0.4, 0.5) is 0 Å². The molecule has 0 atom stereocenters. The molecule has 0 radical (unpaired) electrons. The summed E-state index contributed by atoms with van der Waals surface area (Å²) in [6.45, 7) is 0.108. The van der Waals surface area contributed by atoms with Crippen molar-refractivity contribution in [3.8, 4) is 12.3 Å². The van der Waals surface area contributed by atoms with Crippen LogP contribution < -0.4 is 15.9 Å². The van der Waals surface area contributed by atoms with Gasteiger partial charge in [0.15, 0.2) is 0 Å². The van der Waals surface area contributed by atoms with Gasteiger partial charge in [0.1, 0.15) is 0 Å². The van der Waals surface area contributed by atoms with Gasteiger partial charge in [-0.1, -0.05) is 91.0 Å². The van der Waals surface area contributed by atoms with E-state index in [0.717, 1.165) is 0 Å². The molecule has 3 aromatic rings. The molecule has 0 aromatic heterocycles. The third-order valence-electron chi connectivity index (χ3n) is 3.30. The molecule has 0 saturated carbocycles. The summed E-state index contributed by atoms with van der Waals surface area (Å²) in [4.78, 5) is 0. The van der Waals surface area contributed by atoms with Gasteiger partial charge >= 0.3 is 0 Å². The maximum Gasteiger partial charge on any atom is 0.0540 e. The van der Waals surface area contributed by atoms with Crippen LogP contribution in [0.5, 0.6) is 0 Å². The maximum atomic E-state index is 7.92. The highest BCUT2D eigenvalue weighted by Crippen LogP contribution is 2.32. The Morgan fingerprint density at radius 2 is 1.00 bits per heavy atom. The van der Waals surface area contributed by atoms with Crippen LogP contribution in [0.15, 0.2) is 91.0 Å². The van der Waals surface area contributed by atoms with Crippen molar-refractivity contribution in [2.24, 2.45) is 0 Å². The summed E-state index contributed by atoms with van der Waals surface area (Å²) >= 11 is 0. The number of aliphatic hydroxyl groups excluding tert-OH is 1. The molecular formula is C22H21OP. The van der Waals surface area contributed by atoms with E-state index in [9.17, 15) is 0 Å². The Hall–Kier alpha value is -2.39. The van der Waals surface area contributed by atoms with Crippen molar-refractivity contribution in [2.45, 2.75) is 6.42 Å². The Bertz CT molecular complexity index is 639. The molecule has 1 nitrogen and oxygen atoms in total. The molecule has 0 unspecified atom stereocenters. The highest BCUT2D eigenvalue weighted by molar-refractivity contribution is 7.79. The smallest absolute Gasteiger partial charge is 0.0540 e. The Morgan fingerprint density at radius 3 is 1.21 bits per heavy atom. The summed E-state index contributed by atoms with van der Waals surface area (Å²) in [5.74, 6) is 2.27. The van der Waals surface area contributed by atoms with Crippen LogP contribution in [-0.4, -0.2) is 11.7 Å². The van der Waals surface area contributed by atoms with Gasteiger partial charge in [-0.3, -0.25) is 0 Å². The first-order valence-corrected chi connectivity index (χ1v) is 9.20. The van der Waals surface area contributed by atoms with Gasteiger partial charge in [-0.05, 0) is 23.8 Å². The second-order valence-electron chi connectivity index (χ2n) is 5.02. The molecule has 0 amide bonds. The summed E-state index contributed by atoms with van der Waals surface area (Å²) in [5.41, 5.74) is 0. The van der Waals surface area contributed by atoms with Crippen molar-refractivity contribution in [1.29, 1.82) is 0 Å². The van der Waals surface area contributed by atoms with Gasteiger partial charge < -0.3 is 5.11 Å². The quantitative estimate of drug-likeness (QED) is 0.573. The monoisotopic (exact) mass is 332 g/mol. The van der Waals surface area contributed by atoms with Crippen LogP contribution in [-0.2, 0) is 0 Å². The van der Waals surface area contributed by atoms with E-state index in [1.807, 2.05) is 0 Å². The zero-order chi connectivity index (χ0) is 17.0. The molecule has 0 saturated heterocycles. The van der Waals surface area contributed by atoms with Crippen molar-refractivity contribution in [1.82, 2.24) is 0 Å². The van der Waals surface area contributed by atoms with Crippen molar-refractivity contribution in [3.05, 3.63) is 91.0 Å². The average Bonchev–Trinajstić information content (AvgIpc) is 2.66. The minimum absolute atomic E-state index is 0.108. The van der Waals surface area contributed by atoms with E-state index in [4.69, 9.17) is 11.5 Å². The Balaban J connectivity index is 0.000000368. The maximum absolute atomic E-state index is 7.92. The molecule has 120 valence electrons. The summed E-state index contributed by atoms with van der Waals surface area (Å²) in [6, 6.07) is 32.3. The SMILES string of the molecule is C#CCCO.c1ccc(P(c2ccccc2)c2ccccc2)cc1. The molecule has 0 bridgehead atoms. The van der Waals surface area contributed by atoms with Crippen LogP contribution in [0.1, 0.15) is 6.42 Å². The fourth-order valence-electron chi connectivity index (χ4n) is 2.24. The Labute approximate surface area is 145 Å². The lowest BCUT2D eigenvalue weighted by molar-refractivity contribution is 0.305. The van der Waals surface area contributed by atoms with Gasteiger partial charge in [-0.25, -0.2) is 0 Å². The zero-order valence-electron chi connectivity index (χ0n) is 13.5. The fourth-order valence-corrected chi connectivity index (χ4v) is 4.55. The Morgan fingerprint density at radius 1 is 0.667 bits per heavy atom.